The van der Waals surface area contributed by atoms with E-state index >= 15 is 0 Å². The molecule has 0 aromatic carbocycles. The van der Waals surface area contributed by atoms with Crippen LogP contribution >= 0.6 is 0 Å². The molecule has 0 heterocycles. The van der Waals surface area contributed by atoms with Crippen molar-refractivity contribution in [3.8, 4) is 0 Å². The van der Waals surface area contributed by atoms with E-state index in [0.29, 0.717) is 0 Å². The summed E-state index contributed by atoms with van der Waals surface area (Å²) < 4.78 is 0. The van der Waals surface area contributed by atoms with E-state index in [2.05, 4.69) is 13.8 Å². The van der Waals surface area contributed by atoms with Crippen molar-refractivity contribution in [3.05, 3.63) is 0 Å². The molecule has 5 saturated carbocycles. The highest BCUT2D eigenvalue weighted by atomic mass is 14.5. The third-order valence-electron chi connectivity index (χ3n) is 10.2. The van der Waals surface area contributed by atoms with E-state index in [0.717, 1.165) is 47.3 Å². The quantitative estimate of drug-likeness (QED) is 0.457. The van der Waals surface area contributed by atoms with Gasteiger partial charge < -0.3 is 0 Å². The number of hydrogen-bond acceptors (Lipinski definition) is 0. The van der Waals surface area contributed by atoms with Gasteiger partial charge in [0.1, 0.15) is 0 Å². The zero-order valence-electron chi connectivity index (χ0n) is 17.7. The topological polar surface area (TPSA) is 0 Å². The van der Waals surface area contributed by atoms with Gasteiger partial charge in [-0.25, -0.2) is 0 Å². The van der Waals surface area contributed by atoms with E-state index in [-0.39, 0.29) is 0 Å². The summed E-state index contributed by atoms with van der Waals surface area (Å²) in [4.78, 5) is 0. The van der Waals surface area contributed by atoms with Crippen molar-refractivity contribution < 1.29 is 0 Å². The minimum absolute atomic E-state index is 1.02. The smallest absolute Gasteiger partial charge is 0.0352 e. The van der Waals surface area contributed by atoms with Crippen LogP contribution in [0.25, 0.3) is 0 Å². The first-order valence-corrected chi connectivity index (χ1v) is 12.7. The fourth-order valence-electron chi connectivity index (χ4n) is 8.07. The van der Waals surface area contributed by atoms with E-state index in [1.165, 1.54) is 18.3 Å². The van der Waals surface area contributed by atoms with E-state index in [1.54, 1.807) is 83.5 Å². The first-order chi connectivity index (χ1) is 12.7. The standard InChI is InChI=1S/C26H44/c1-17-3-8-24-16-25(26(24)11-17)18(2)4-5-20-13-21(14-20)12-19-6-9-22-15-23(22)10-7-19/h17-26H,3-16H2,1-2H3. The maximum absolute atomic E-state index is 2.60. The molecule has 7 atom stereocenters. The second-order valence-electron chi connectivity index (χ2n) is 12.0. The van der Waals surface area contributed by atoms with Crippen LogP contribution in [0.15, 0.2) is 0 Å². The Morgan fingerprint density at radius 2 is 1.42 bits per heavy atom. The summed E-state index contributed by atoms with van der Waals surface area (Å²) in [6, 6.07) is 0. The van der Waals surface area contributed by atoms with Crippen LogP contribution in [0.5, 0.6) is 0 Å². The van der Waals surface area contributed by atoms with Crippen LogP contribution < -0.4 is 0 Å². The first-order valence-electron chi connectivity index (χ1n) is 12.7. The molecule has 26 heavy (non-hydrogen) atoms. The Morgan fingerprint density at radius 1 is 0.692 bits per heavy atom. The molecule has 148 valence electrons. The molecule has 0 N–H and O–H groups in total. The van der Waals surface area contributed by atoms with Crippen molar-refractivity contribution >= 4 is 0 Å². The second kappa shape index (κ2) is 7.44. The van der Waals surface area contributed by atoms with E-state index in [9.17, 15) is 0 Å². The summed E-state index contributed by atoms with van der Waals surface area (Å²) >= 11 is 0. The summed E-state index contributed by atoms with van der Waals surface area (Å²) in [5.41, 5.74) is 0. The third kappa shape index (κ3) is 3.77. The Labute approximate surface area is 163 Å². The van der Waals surface area contributed by atoms with Gasteiger partial charge in [-0.05, 0) is 117 Å². The van der Waals surface area contributed by atoms with Crippen LogP contribution in [0, 0.1) is 59.2 Å². The highest BCUT2D eigenvalue weighted by molar-refractivity contribution is 4.95. The van der Waals surface area contributed by atoms with Crippen molar-refractivity contribution in [1.29, 1.82) is 0 Å². The Bertz CT molecular complexity index is 462. The normalized spacial score (nSPS) is 51.2. The lowest BCUT2D eigenvalue weighted by Crippen LogP contribution is -2.44. The van der Waals surface area contributed by atoms with Crippen LogP contribution in [0.1, 0.15) is 104 Å². The van der Waals surface area contributed by atoms with Crippen molar-refractivity contribution in [2.24, 2.45) is 59.2 Å². The predicted molar refractivity (Wildman–Crippen MR) is 111 cm³/mol. The van der Waals surface area contributed by atoms with E-state index < -0.39 is 0 Å². The van der Waals surface area contributed by atoms with Crippen molar-refractivity contribution in [2.75, 3.05) is 0 Å². The van der Waals surface area contributed by atoms with Gasteiger partial charge in [0.25, 0.3) is 0 Å². The molecule has 0 aliphatic heterocycles. The molecule has 0 bridgehead atoms. The van der Waals surface area contributed by atoms with Crippen LogP contribution in [-0.2, 0) is 0 Å². The molecule has 0 saturated heterocycles. The zero-order valence-corrected chi connectivity index (χ0v) is 17.7. The second-order valence-corrected chi connectivity index (χ2v) is 12.0. The Balaban J connectivity index is 0.979. The average Bonchev–Trinajstić information content (AvgIpc) is 3.33. The molecular weight excluding hydrogens is 312 g/mol. The predicted octanol–water partition coefficient (Wildman–Crippen LogP) is 7.72. The van der Waals surface area contributed by atoms with Gasteiger partial charge in [0.05, 0.1) is 0 Å². The number of hydrogen-bond donors (Lipinski definition) is 0. The molecule has 5 rings (SSSR count). The summed E-state index contributed by atoms with van der Waals surface area (Å²) in [5.74, 6) is 11.1. The van der Waals surface area contributed by atoms with Crippen molar-refractivity contribution in [3.63, 3.8) is 0 Å². The van der Waals surface area contributed by atoms with Gasteiger partial charge in [0.2, 0.25) is 0 Å². The molecule has 0 heteroatoms. The minimum Gasteiger partial charge on any atom is -0.0625 e. The lowest BCUT2D eigenvalue weighted by Gasteiger charge is -2.52. The van der Waals surface area contributed by atoms with Gasteiger partial charge in [-0.1, -0.05) is 46.0 Å². The molecular formula is C26H44. The fourth-order valence-corrected chi connectivity index (χ4v) is 8.07. The number of fused-ring (bicyclic) bond motifs is 2. The van der Waals surface area contributed by atoms with Gasteiger partial charge in [-0.15, -0.1) is 0 Å². The van der Waals surface area contributed by atoms with Gasteiger partial charge >= 0.3 is 0 Å². The Kier molecular flexibility index (Phi) is 5.17. The van der Waals surface area contributed by atoms with E-state index in [1.807, 2.05) is 0 Å². The van der Waals surface area contributed by atoms with Crippen LogP contribution in [0.4, 0.5) is 0 Å². The first kappa shape index (κ1) is 18.1. The summed E-state index contributed by atoms with van der Waals surface area (Å²) in [6.45, 7) is 5.11. The van der Waals surface area contributed by atoms with Crippen LogP contribution in [0.3, 0.4) is 0 Å². The van der Waals surface area contributed by atoms with Crippen molar-refractivity contribution in [2.45, 2.75) is 104 Å². The Hall–Kier alpha value is 0. The summed E-state index contributed by atoms with van der Waals surface area (Å²) in [7, 11) is 0. The van der Waals surface area contributed by atoms with E-state index in [4.69, 9.17) is 0 Å². The molecule has 0 aromatic heterocycles. The van der Waals surface area contributed by atoms with Crippen LogP contribution in [-0.4, -0.2) is 0 Å². The lowest BCUT2D eigenvalue weighted by atomic mass is 9.53. The molecule has 0 nitrogen and oxygen atoms in total. The summed E-state index contributed by atoms with van der Waals surface area (Å²) in [5, 5.41) is 0. The van der Waals surface area contributed by atoms with Crippen molar-refractivity contribution in [1.82, 2.24) is 0 Å². The largest absolute Gasteiger partial charge is 0.0625 e. The average molecular weight is 357 g/mol. The van der Waals surface area contributed by atoms with Gasteiger partial charge in [-0.3, -0.25) is 0 Å². The molecule has 0 aromatic rings. The maximum atomic E-state index is 2.60. The van der Waals surface area contributed by atoms with Gasteiger partial charge in [0.15, 0.2) is 0 Å². The Morgan fingerprint density at radius 3 is 2.19 bits per heavy atom. The van der Waals surface area contributed by atoms with Gasteiger partial charge in [0, 0.05) is 0 Å². The van der Waals surface area contributed by atoms with Crippen LogP contribution in [0.2, 0.25) is 0 Å². The van der Waals surface area contributed by atoms with Gasteiger partial charge in [-0.2, -0.15) is 0 Å². The molecule has 0 amide bonds. The lowest BCUT2D eigenvalue weighted by molar-refractivity contribution is -0.0261. The highest BCUT2D eigenvalue weighted by Crippen LogP contribution is 2.55. The number of rotatable bonds is 6. The molecule has 5 aliphatic carbocycles. The zero-order chi connectivity index (χ0) is 17.7. The third-order valence-corrected chi connectivity index (χ3v) is 10.2. The monoisotopic (exact) mass is 356 g/mol. The molecule has 0 spiro atoms. The fraction of sp³-hybridized carbons (Fsp3) is 1.00. The minimum atomic E-state index is 1.02. The highest BCUT2D eigenvalue weighted by Gasteiger charge is 2.45. The molecule has 5 aliphatic rings. The molecule has 5 fully saturated rings. The maximum Gasteiger partial charge on any atom is -0.0352 e. The SMILES string of the molecule is CC1CCC2CC(C(C)CCC3CC(CC4CCC5CC5CC4)C3)C2C1. The summed E-state index contributed by atoms with van der Waals surface area (Å²) in [6.07, 6.45) is 22.1. The molecule has 0 radical (unpaired) electrons. The molecule has 7 unspecified atom stereocenters.